The molecule has 0 radical (unpaired) electrons. The van der Waals surface area contributed by atoms with Crippen LogP contribution >= 0.6 is 0 Å². The molecule has 0 spiro atoms. The molecule has 98 valence electrons. The van der Waals surface area contributed by atoms with Gasteiger partial charge in [0, 0.05) is 30.1 Å². The maximum atomic E-state index is 11.7. The molecule has 0 bridgehead atoms. The highest BCUT2D eigenvalue weighted by Gasteiger charge is 2.30. The molecular weight excluding hydrogens is 228 g/mol. The topological polar surface area (TPSA) is 64.4 Å². The maximum absolute atomic E-state index is 11.7. The molecule has 1 aliphatic rings. The highest BCUT2D eigenvalue weighted by molar-refractivity contribution is 5.92. The molecule has 4 nitrogen and oxygen atoms in total. The van der Waals surface area contributed by atoms with E-state index in [0.29, 0.717) is 6.54 Å². The fraction of sp³-hybridized carbons (Fsp3) is 0.500. The van der Waals surface area contributed by atoms with Crippen molar-refractivity contribution in [3.63, 3.8) is 0 Å². The molecular formula is C14H20N2O2. The lowest BCUT2D eigenvalue weighted by Gasteiger charge is -2.16. The third kappa shape index (κ3) is 2.64. The fourth-order valence-corrected chi connectivity index (χ4v) is 2.06. The van der Waals surface area contributed by atoms with Crippen LogP contribution < -0.4 is 15.8 Å². The van der Waals surface area contributed by atoms with Gasteiger partial charge in [-0.3, -0.25) is 4.79 Å². The Labute approximate surface area is 108 Å². The van der Waals surface area contributed by atoms with Crippen molar-refractivity contribution in [1.82, 2.24) is 0 Å². The first-order chi connectivity index (χ1) is 8.41. The van der Waals surface area contributed by atoms with Crippen molar-refractivity contribution in [2.24, 2.45) is 11.7 Å². The number of carbonyl (C=O) groups is 1. The van der Waals surface area contributed by atoms with E-state index in [9.17, 15) is 4.79 Å². The van der Waals surface area contributed by atoms with Gasteiger partial charge in [-0.25, -0.2) is 0 Å². The van der Waals surface area contributed by atoms with E-state index < -0.39 is 0 Å². The molecule has 1 aromatic rings. The molecule has 1 heterocycles. The number of amides is 1. The van der Waals surface area contributed by atoms with Crippen LogP contribution in [0.1, 0.15) is 26.3 Å². The van der Waals surface area contributed by atoms with Crippen molar-refractivity contribution in [2.75, 3.05) is 11.9 Å². The van der Waals surface area contributed by atoms with Crippen LogP contribution in [-0.2, 0) is 11.2 Å². The van der Waals surface area contributed by atoms with E-state index in [1.165, 1.54) is 0 Å². The lowest BCUT2D eigenvalue weighted by atomic mass is 10.0. The van der Waals surface area contributed by atoms with E-state index >= 15 is 0 Å². The first kappa shape index (κ1) is 12.9. The molecule has 1 unspecified atom stereocenters. The van der Waals surface area contributed by atoms with Crippen molar-refractivity contribution in [1.29, 1.82) is 0 Å². The number of hydrogen-bond donors (Lipinski definition) is 2. The number of nitrogens with two attached hydrogens (primary N) is 1. The summed E-state index contributed by atoms with van der Waals surface area (Å²) >= 11 is 0. The molecule has 18 heavy (non-hydrogen) atoms. The van der Waals surface area contributed by atoms with Crippen molar-refractivity contribution < 1.29 is 9.53 Å². The fourth-order valence-electron chi connectivity index (χ4n) is 2.06. The number of nitrogens with one attached hydrogen (secondary N) is 1. The van der Waals surface area contributed by atoms with Gasteiger partial charge in [-0.15, -0.1) is 0 Å². The Morgan fingerprint density at radius 1 is 1.56 bits per heavy atom. The average molecular weight is 248 g/mol. The number of anilines is 1. The van der Waals surface area contributed by atoms with Crippen LogP contribution in [0.5, 0.6) is 5.75 Å². The van der Waals surface area contributed by atoms with E-state index in [2.05, 4.69) is 19.2 Å². The molecule has 4 heteroatoms. The maximum Gasteiger partial charge on any atom is 0.228 e. The number of rotatable bonds is 3. The van der Waals surface area contributed by atoms with E-state index in [0.717, 1.165) is 23.4 Å². The lowest BCUT2D eigenvalue weighted by Crippen LogP contribution is -2.26. The van der Waals surface area contributed by atoms with Gasteiger partial charge >= 0.3 is 0 Å². The minimum atomic E-state index is -0.175. The third-order valence-electron chi connectivity index (χ3n) is 3.13. The monoisotopic (exact) mass is 248 g/mol. The molecule has 0 aromatic heterocycles. The average Bonchev–Trinajstić information content (AvgIpc) is 2.61. The highest BCUT2D eigenvalue weighted by Crippen LogP contribution is 2.36. The summed E-state index contributed by atoms with van der Waals surface area (Å²) in [5.74, 6) is 0.687. The quantitative estimate of drug-likeness (QED) is 0.859. The molecule has 0 saturated carbocycles. The van der Waals surface area contributed by atoms with Crippen molar-refractivity contribution in [3.05, 3.63) is 23.8 Å². The Hall–Kier alpha value is -1.55. The molecule has 0 aliphatic carbocycles. The Kier molecular flexibility index (Phi) is 3.30. The zero-order valence-electron chi connectivity index (χ0n) is 11.1. The smallest absolute Gasteiger partial charge is 0.228 e. The van der Waals surface area contributed by atoms with Crippen LogP contribution in [0, 0.1) is 5.92 Å². The van der Waals surface area contributed by atoms with Crippen LogP contribution in [0.25, 0.3) is 0 Å². The first-order valence-corrected chi connectivity index (χ1v) is 6.24. The second-order valence-corrected chi connectivity index (χ2v) is 5.49. The molecule has 0 saturated heterocycles. The Bertz CT molecular complexity index is 469. The van der Waals surface area contributed by atoms with Crippen molar-refractivity contribution in [3.8, 4) is 5.75 Å². The predicted molar refractivity (Wildman–Crippen MR) is 71.7 cm³/mol. The largest absolute Gasteiger partial charge is 0.487 e. The standard InChI is InChI=1S/C14H20N2O2/c1-9(8-15)13(17)16-11-4-5-12-10(6-11)7-14(2,3)18-12/h4-6,9H,7-8,15H2,1-3H3,(H,16,17). The normalized spacial score (nSPS) is 17.8. The first-order valence-electron chi connectivity index (χ1n) is 6.24. The highest BCUT2D eigenvalue weighted by atomic mass is 16.5. The van der Waals surface area contributed by atoms with E-state index in [4.69, 9.17) is 10.5 Å². The number of ether oxygens (including phenoxy) is 1. The molecule has 3 N–H and O–H groups in total. The number of carbonyl (C=O) groups excluding carboxylic acids is 1. The summed E-state index contributed by atoms with van der Waals surface area (Å²) in [6.07, 6.45) is 0.860. The summed E-state index contributed by atoms with van der Waals surface area (Å²) in [7, 11) is 0. The van der Waals surface area contributed by atoms with Gasteiger partial charge in [0.15, 0.2) is 0 Å². The summed E-state index contributed by atoms with van der Waals surface area (Å²) in [5.41, 5.74) is 7.26. The Morgan fingerprint density at radius 2 is 2.28 bits per heavy atom. The molecule has 1 aromatic carbocycles. The van der Waals surface area contributed by atoms with Crippen LogP contribution in [0.15, 0.2) is 18.2 Å². The molecule has 1 amide bonds. The number of fused-ring (bicyclic) bond motifs is 1. The molecule has 0 fully saturated rings. The SMILES string of the molecule is CC(CN)C(=O)Nc1ccc2c(c1)CC(C)(C)O2. The van der Waals surface area contributed by atoms with Gasteiger partial charge in [0.2, 0.25) is 5.91 Å². The zero-order valence-corrected chi connectivity index (χ0v) is 11.1. The van der Waals surface area contributed by atoms with Gasteiger partial charge in [0.25, 0.3) is 0 Å². The predicted octanol–water partition coefficient (Wildman–Crippen LogP) is 1.93. The zero-order chi connectivity index (χ0) is 13.3. The summed E-state index contributed by atoms with van der Waals surface area (Å²) in [5, 5.41) is 2.88. The lowest BCUT2D eigenvalue weighted by molar-refractivity contribution is -0.119. The molecule has 1 aliphatic heterocycles. The van der Waals surface area contributed by atoms with Gasteiger partial charge in [0.1, 0.15) is 11.4 Å². The van der Waals surface area contributed by atoms with E-state index in [1.54, 1.807) is 0 Å². The number of benzene rings is 1. The number of hydrogen-bond acceptors (Lipinski definition) is 3. The van der Waals surface area contributed by atoms with Gasteiger partial charge < -0.3 is 15.8 Å². The Morgan fingerprint density at radius 3 is 2.94 bits per heavy atom. The van der Waals surface area contributed by atoms with Gasteiger partial charge in [-0.05, 0) is 32.0 Å². The van der Waals surface area contributed by atoms with Crippen molar-refractivity contribution >= 4 is 11.6 Å². The van der Waals surface area contributed by atoms with Gasteiger partial charge in [-0.2, -0.15) is 0 Å². The van der Waals surface area contributed by atoms with Gasteiger partial charge in [-0.1, -0.05) is 6.92 Å². The summed E-state index contributed by atoms with van der Waals surface area (Å²) in [6.45, 7) is 6.28. The van der Waals surface area contributed by atoms with E-state index in [1.807, 2.05) is 25.1 Å². The van der Waals surface area contributed by atoms with Crippen molar-refractivity contribution in [2.45, 2.75) is 32.8 Å². The Balaban J connectivity index is 2.12. The summed E-state index contributed by atoms with van der Waals surface area (Å²) < 4.78 is 5.79. The van der Waals surface area contributed by atoms with E-state index in [-0.39, 0.29) is 17.4 Å². The molecule has 1 atom stereocenters. The summed E-state index contributed by atoms with van der Waals surface area (Å²) in [6, 6.07) is 5.75. The van der Waals surface area contributed by atoms with Gasteiger partial charge in [0.05, 0.1) is 0 Å². The second kappa shape index (κ2) is 4.61. The van der Waals surface area contributed by atoms with Crippen LogP contribution in [-0.4, -0.2) is 18.1 Å². The van der Waals surface area contributed by atoms with Crippen LogP contribution in [0.3, 0.4) is 0 Å². The third-order valence-corrected chi connectivity index (χ3v) is 3.13. The minimum Gasteiger partial charge on any atom is -0.487 e. The molecule has 2 rings (SSSR count). The van der Waals surface area contributed by atoms with Crippen LogP contribution in [0.4, 0.5) is 5.69 Å². The summed E-state index contributed by atoms with van der Waals surface area (Å²) in [4.78, 5) is 11.7. The van der Waals surface area contributed by atoms with Crippen LogP contribution in [0.2, 0.25) is 0 Å². The second-order valence-electron chi connectivity index (χ2n) is 5.49. The minimum absolute atomic E-state index is 0.0457.